The lowest BCUT2D eigenvalue weighted by Gasteiger charge is -2.26. The number of aromatic nitrogens is 1. The first-order chi connectivity index (χ1) is 14.2. The van der Waals surface area contributed by atoms with Gasteiger partial charge in [0.25, 0.3) is 0 Å². The Morgan fingerprint density at radius 2 is 2.10 bits per heavy atom. The number of para-hydroxylation sites is 1. The molecule has 29 heavy (non-hydrogen) atoms. The van der Waals surface area contributed by atoms with Crippen LogP contribution in [0.3, 0.4) is 0 Å². The molecule has 1 saturated carbocycles. The van der Waals surface area contributed by atoms with Crippen molar-refractivity contribution in [2.75, 3.05) is 25.5 Å². The minimum absolute atomic E-state index is 0.0496. The lowest BCUT2D eigenvalue weighted by Crippen LogP contribution is -2.40. The van der Waals surface area contributed by atoms with Crippen LogP contribution in [0.4, 0.5) is 5.69 Å². The van der Waals surface area contributed by atoms with Crippen LogP contribution < -0.4 is 20.7 Å². The van der Waals surface area contributed by atoms with E-state index >= 15 is 0 Å². The summed E-state index contributed by atoms with van der Waals surface area (Å²) in [5, 5.41) is 9.56. The van der Waals surface area contributed by atoms with Crippen LogP contribution in [-0.2, 0) is 11.3 Å². The van der Waals surface area contributed by atoms with Gasteiger partial charge in [-0.1, -0.05) is 24.3 Å². The van der Waals surface area contributed by atoms with Gasteiger partial charge in [-0.2, -0.15) is 0 Å². The zero-order valence-corrected chi connectivity index (χ0v) is 16.6. The summed E-state index contributed by atoms with van der Waals surface area (Å²) in [4.78, 5) is 20.6. The number of rotatable bonds is 7. The van der Waals surface area contributed by atoms with E-state index in [4.69, 9.17) is 4.74 Å². The molecule has 1 atom stereocenters. The lowest BCUT2D eigenvalue weighted by molar-refractivity contribution is -0.116. The van der Waals surface area contributed by atoms with Crippen molar-refractivity contribution in [2.45, 2.75) is 31.7 Å². The molecule has 0 saturated heterocycles. The van der Waals surface area contributed by atoms with E-state index in [1.807, 2.05) is 36.5 Å². The number of hydrogen-bond acceptors (Lipinski definition) is 4. The fraction of sp³-hybridized carbons (Fsp3) is 0.409. The van der Waals surface area contributed by atoms with Crippen molar-refractivity contribution in [1.29, 1.82) is 0 Å². The van der Waals surface area contributed by atoms with E-state index in [1.165, 1.54) is 12.8 Å². The van der Waals surface area contributed by atoms with E-state index in [-0.39, 0.29) is 11.8 Å². The van der Waals surface area contributed by atoms with Gasteiger partial charge in [0, 0.05) is 50.4 Å². The topological polar surface area (TPSA) is 87.6 Å². The first-order valence-corrected chi connectivity index (χ1v) is 10.1. The molecule has 1 unspecified atom stereocenters. The van der Waals surface area contributed by atoms with Crippen LogP contribution in [0.1, 0.15) is 36.3 Å². The number of carbonyl (C=O) groups excluding carboxylic acids is 1. The number of benzene rings is 1. The van der Waals surface area contributed by atoms with Crippen molar-refractivity contribution in [3.63, 3.8) is 0 Å². The molecule has 1 aliphatic carbocycles. The van der Waals surface area contributed by atoms with Crippen LogP contribution in [0, 0.1) is 5.92 Å². The maximum absolute atomic E-state index is 12.0. The summed E-state index contributed by atoms with van der Waals surface area (Å²) in [6.45, 7) is 2.01. The average molecular weight is 393 g/mol. The predicted molar refractivity (Wildman–Crippen MR) is 113 cm³/mol. The molecule has 1 aliphatic heterocycles. The SMILES string of the molecule is CN=C(NCc1ccc(OCC2CC2)nc1)NCC1CC(=O)Nc2ccccc21. The normalized spacial score (nSPS) is 18.6. The van der Waals surface area contributed by atoms with Gasteiger partial charge in [-0.25, -0.2) is 4.98 Å². The van der Waals surface area contributed by atoms with Gasteiger partial charge in [0.05, 0.1) is 6.61 Å². The minimum Gasteiger partial charge on any atom is -0.477 e. The lowest BCUT2D eigenvalue weighted by atomic mass is 9.90. The Bertz CT molecular complexity index is 877. The van der Waals surface area contributed by atoms with Crippen molar-refractivity contribution < 1.29 is 9.53 Å². The number of guanidine groups is 1. The summed E-state index contributed by atoms with van der Waals surface area (Å²) in [6, 6.07) is 11.9. The van der Waals surface area contributed by atoms with Gasteiger partial charge in [0.2, 0.25) is 11.8 Å². The molecule has 7 heteroatoms. The van der Waals surface area contributed by atoms with E-state index in [0.717, 1.165) is 29.3 Å². The highest BCUT2D eigenvalue weighted by Crippen LogP contribution is 2.31. The van der Waals surface area contributed by atoms with Gasteiger partial charge in [0.1, 0.15) is 0 Å². The zero-order chi connectivity index (χ0) is 20.1. The fourth-order valence-electron chi connectivity index (χ4n) is 3.40. The molecule has 1 aromatic heterocycles. The highest BCUT2D eigenvalue weighted by Gasteiger charge is 2.24. The van der Waals surface area contributed by atoms with Gasteiger partial charge in [-0.3, -0.25) is 9.79 Å². The Balaban J connectivity index is 1.27. The zero-order valence-electron chi connectivity index (χ0n) is 16.6. The van der Waals surface area contributed by atoms with Crippen LogP contribution in [-0.4, -0.2) is 37.1 Å². The summed E-state index contributed by atoms with van der Waals surface area (Å²) in [7, 11) is 1.74. The van der Waals surface area contributed by atoms with Gasteiger partial charge in [-0.05, 0) is 36.0 Å². The monoisotopic (exact) mass is 393 g/mol. The summed E-state index contributed by atoms with van der Waals surface area (Å²) in [5.41, 5.74) is 3.10. The molecule has 152 valence electrons. The van der Waals surface area contributed by atoms with Crippen LogP contribution in [0.25, 0.3) is 0 Å². The second-order valence-electron chi connectivity index (χ2n) is 7.60. The molecule has 4 rings (SSSR count). The summed E-state index contributed by atoms with van der Waals surface area (Å²) >= 11 is 0. The molecular weight excluding hydrogens is 366 g/mol. The van der Waals surface area contributed by atoms with Gasteiger partial charge >= 0.3 is 0 Å². The molecule has 3 N–H and O–H groups in total. The number of fused-ring (bicyclic) bond motifs is 1. The number of carbonyl (C=O) groups is 1. The average Bonchev–Trinajstić information content (AvgIpc) is 3.57. The highest BCUT2D eigenvalue weighted by atomic mass is 16.5. The number of ether oxygens (including phenoxy) is 1. The Kier molecular flexibility index (Phi) is 5.93. The largest absolute Gasteiger partial charge is 0.477 e. The van der Waals surface area contributed by atoms with Gasteiger partial charge in [0.15, 0.2) is 5.96 Å². The van der Waals surface area contributed by atoms with E-state index in [2.05, 4.69) is 32.0 Å². The molecule has 7 nitrogen and oxygen atoms in total. The number of amides is 1. The maximum Gasteiger partial charge on any atom is 0.225 e. The Labute approximate surface area is 171 Å². The molecule has 1 fully saturated rings. The van der Waals surface area contributed by atoms with E-state index < -0.39 is 0 Å². The Morgan fingerprint density at radius 3 is 2.86 bits per heavy atom. The third kappa shape index (κ3) is 5.25. The first-order valence-electron chi connectivity index (χ1n) is 10.1. The summed E-state index contributed by atoms with van der Waals surface area (Å²) in [6.07, 6.45) is 4.83. The quantitative estimate of drug-likeness (QED) is 0.497. The van der Waals surface area contributed by atoms with Crippen LogP contribution in [0.5, 0.6) is 5.88 Å². The second-order valence-corrected chi connectivity index (χ2v) is 7.60. The molecule has 0 bridgehead atoms. The van der Waals surface area contributed by atoms with Gasteiger partial charge < -0.3 is 20.7 Å². The number of nitrogens with one attached hydrogen (secondary N) is 3. The van der Waals surface area contributed by atoms with Crippen molar-refractivity contribution in [3.8, 4) is 5.88 Å². The van der Waals surface area contributed by atoms with Crippen molar-refractivity contribution in [3.05, 3.63) is 53.7 Å². The van der Waals surface area contributed by atoms with Crippen LogP contribution in [0.15, 0.2) is 47.6 Å². The van der Waals surface area contributed by atoms with Crippen LogP contribution >= 0.6 is 0 Å². The molecule has 2 aromatic rings. The third-order valence-corrected chi connectivity index (χ3v) is 5.27. The fourth-order valence-corrected chi connectivity index (χ4v) is 3.40. The van der Waals surface area contributed by atoms with E-state index in [9.17, 15) is 4.79 Å². The van der Waals surface area contributed by atoms with Crippen molar-refractivity contribution in [1.82, 2.24) is 15.6 Å². The predicted octanol–water partition coefficient (Wildman–Crippen LogP) is 2.66. The highest BCUT2D eigenvalue weighted by molar-refractivity contribution is 5.94. The van der Waals surface area contributed by atoms with Crippen molar-refractivity contribution >= 4 is 17.6 Å². The number of aliphatic imine (C=N–C) groups is 1. The van der Waals surface area contributed by atoms with E-state index in [0.29, 0.717) is 31.3 Å². The first kappa shape index (κ1) is 19.2. The second kappa shape index (κ2) is 8.94. The maximum atomic E-state index is 12.0. The molecular formula is C22H27N5O2. The molecule has 0 spiro atoms. The van der Waals surface area contributed by atoms with Crippen LogP contribution in [0.2, 0.25) is 0 Å². The Morgan fingerprint density at radius 1 is 1.24 bits per heavy atom. The smallest absolute Gasteiger partial charge is 0.225 e. The number of nitrogens with zero attached hydrogens (tertiary/aromatic N) is 2. The number of pyridine rings is 1. The van der Waals surface area contributed by atoms with Crippen molar-refractivity contribution in [2.24, 2.45) is 10.9 Å². The number of hydrogen-bond donors (Lipinski definition) is 3. The molecule has 0 radical (unpaired) electrons. The molecule has 1 aromatic carbocycles. The molecule has 2 heterocycles. The third-order valence-electron chi connectivity index (χ3n) is 5.27. The summed E-state index contributed by atoms with van der Waals surface area (Å²) in [5.74, 6) is 2.26. The van der Waals surface area contributed by atoms with Gasteiger partial charge in [-0.15, -0.1) is 0 Å². The Hall–Kier alpha value is -3.09. The number of anilines is 1. The summed E-state index contributed by atoms with van der Waals surface area (Å²) < 4.78 is 5.67. The molecule has 2 aliphatic rings. The standard InChI is InChI=1S/C22H27N5O2/c1-23-22(25-12-16-8-9-21(24-11-16)29-14-15-6-7-15)26-13-17-10-20(28)27-19-5-3-2-4-18(17)19/h2-5,8-9,11,15,17H,6-7,10,12-14H2,1H3,(H,27,28)(H2,23,25,26). The van der Waals surface area contributed by atoms with E-state index in [1.54, 1.807) is 7.05 Å². The molecule has 1 amide bonds. The minimum atomic E-state index is 0.0496.